The van der Waals surface area contributed by atoms with E-state index in [4.69, 9.17) is 0 Å². The van der Waals surface area contributed by atoms with Crippen LogP contribution in [-0.2, 0) is 0 Å². The number of aromatic nitrogens is 2. The summed E-state index contributed by atoms with van der Waals surface area (Å²) in [7, 11) is 0. The first-order valence-electron chi connectivity index (χ1n) is 13.4. The Bertz CT molecular complexity index is 1970. The number of para-hydroxylation sites is 5. The maximum Gasteiger partial charge on any atom is 0.0541 e. The molecular weight excluding hydrogens is 460 g/mol. The zero-order valence-corrected chi connectivity index (χ0v) is 21.0. The van der Waals surface area contributed by atoms with Crippen LogP contribution in [0.5, 0.6) is 0 Å². The molecule has 2 heterocycles. The molecule has 7 aromatic rings. The van der Waals surface area contributed by atoms with E-state index in [0.717, 1.165) is 12.8 Å². The van der Waals surface area contributed by atoms with Gasteiger partial charge in [-0.2, -0.15) is 0 Å². The maximum absolute atomic E-state index is 2.47. The summed E-state index contributed by atoms with van der Waals surface area (Å²) < 4.78 is 4.91. The van der Waals surface area contributed by atoms with Gasteiger partial charge >= 0.3 is 0 Å². The van der Waals surface area contributed by atoms with Crippen molar-refractivity contribution in [1.82, 2.24) is 9.13 Å². The van der Waals surface area contributed by atoms with Gasteiger partial charge in [-0.05, 0) is 43.2 Å². The van der Waals surface area contributed by atoms with Gasteiger partial charge in [-0.25, -0.2) is 0 Å². The van der Waals surface area contributed by atoms with Gasteiger partial charge in [-0.15, -0.1) is 0 Å². The average Bonchev–Trinajstić information content (AvgIpc) is 3.50. The third-order valence-corrected chi connectivity index (χ3v) is 7.96. The molecule has 2 aromatic heterocycles. The van der Waals surface area contributed by atoms with Gasteiger partial charge in [-0.1, -0.05) is 103 Å². The standard InChI is InChI=1S/C36H26N2/c1-7-19-31-25(13-1)26-14-2-8-20-32(26)37(31)35-23-11-5-17-29(35)30-18-6-12-24-36(30)38-33-21-9-3-15-27(33)28-16-4-10-22-34(28)38/h1-5,7-11,13-24H,6,12H2. The fourth-order valence-electron chi connectivity index (χ4n) is 6.38. The largest absolute Gasteiger partial charge is 0.309 e. The highest BCUT2D eigenvalue weighted by molar-refractivity contribution is 6.15. The monoisotopic (exact) mass is 486 g/mol. The summed E-state index contributed by atoms with van der Waals surface area (Å²) in [4.78, 5) is 0. The van der Waals surface area contributed by atoms with E-state index >= 15 is 0 Å². The molecule has 0 radical (unpaired) electrons. The van der Waals surface area contributed by atoms with Gasteiger partial charge in [0.2, 0.25) is 0 Å². The van der Waals surface area contributed by atoms with E-state index in [0.29, 0.717) is 0 Å². The fraction of sp³-hybridized carbons (Fsp3) is 0.0556. The van der Waals surface area contributed by atoms with Crippen LogP contribution < -0.4 is 0 Å². The first-order chi connectivity index (χ1) is 18.9. The third kappa shape index (κ3) is 3.01. The second-order valence-corrected chi connectivity index (χ2v) is 10.0. The van der Waals surface area contributed by atoms with Crippen LogP contribution >= 0.6 is 0 Å². The molecule has 0 N–H and O–H groups in total. The molecule has 0 saturated heterocycles. The lowest BCUT2D eigenvalue weighted by molar-refractivity contribution is 1.02. The van der Waals surface area contributed by atoms with Crippen molar-refractivity contribution in [1.29, 1.82) is 0 Å². The molecule has 0 saturated carbocycles. The molecule has 1 aliphatic rings. The van der Waals surface area contributed by atoms with Crippen LogP contribution in [0.15, 0.2) is 133 Å². The Hall–Kier alpha value is -4.82. The van der Waals surface area contributed by atoms with Crippen molar-refractivity contribution in [3.8, 4) is 5.69 Å². The van der Waals surface area contributed by atoms with E-state index in [-0.39, 0.29) is 0 Å². The molecule has 8 rings (SSSR count). The molecule has 1 aliphatic carbocycles. The lowest BCUT2D eigenvalue weighted by Crippen LogP contribution is -2.06. The highest BCUT2D eigenvalue weighted by Gasteiger charge is 2.22. The van der Waals surface area contributed by atoms with Crippen LogP contribution in [0.4, 0.5) is 0 Å². The quantitative estimate of drug-likeness (QED) is 0.235. The number of rotatable bonds is 3. The Kier molecular flexibility index (Phi) is 4.68. The van der Waals surface area contributed by atoms with Crippen molar-refractivity contribution in [2.24, 2.45) is 0 Å². The van der Waals surface area contributed by atoms with Crippen molar-refractivity contribution >= 4 is 54.9 Å². The normalized spacial score (nSPS) is 13.9. The van der Waals surface area contributed by atoms with Crippen LogP contribution in [-0.4, -0.2) is 9.13 Å². The molecule has 0 atom stereocenters. The topological polar surface area (TPSA) is 9.86 Å². The van der Waals surface area contributed by atoms with Gasteiger partial charge in [0.1, 0.15) is 0 Å². The van der Waals surface area contributed by atoms with Gasteiger partial charge in [0.25, 0.3) is 0 Å². The maximum atomic E-state index is 2.47. The number of nitrogens with zero attached hydrogens (tertiary/aromatic N) is 2. The molecular formula is C36H26N2. The Morgan fingerprint density at radius 1 is 0.395 bits per heavy atom. The Balaban J connectivity index is 1.41. The lowest BCUT2D eigenvalue weighted by atomic mass is 9.94. The van der Waals surface area contributed by atoms with Crippen LogP contribution in [0.2, 0.25) is 0 Å². The summed E-state index contributed by atoms with van der Waals surface area (Å²) in [6.45, 7) is 0. The molecule has 0 fully saturated rings. The smallest absolute Gasteiger partial charge is 0.0541 e. The van der Waals surface area contributed by atoms with E-state index in [1.54, 1.807) is 0 Å². The second kappa shape index (κ2) is 8.36. The summed E-state index contributed by atoms with van der Waals surface area (Å²) >= 11 is 0. The van der Waals surface area contributed by atoms with Crippen LogP contribution in [0.3, 0.4) is 0 Å². The van der Waals surface area contributed by atoms with Crippen molar-refractivity contribution < 1.29 is 0 Å². The molecule has 0 aliphatic heterocycles. The molecule has 2 heteroatoms. The van der Waals surface area contributed by atoms with Crippen molar-refractivity contribution in [3.63, 3.8) is 0 Å². The number of fused-ring (bicyclic) bond motifs is 6. The molecule has 180 valence electrons. The van der Waals surface area contributed by atoms with Gasteiger partial charge in [0.05, 0.1) is 27.8 Å². The number of hydrogen-bond donors (Lipinski definition) is 0. The van der Waals surface area contributed by atoms with Gasteiger partial charge in [0, 0.05) is 38.4 Å². The van der Waals surface area contributed by atoms with E-state index < -0.39 is 0 Å². The summed E-state index contributed by atoms with van der Waals surface area (Å²) in [5, 5.41) is 5.16. The summed E-state index contributed by atoms with van der Waals surface area (Å²) in [5.74, 6) is 0. The van der Waals surface area contributed by atoms with Gasteiger partial charge in [-0.3, -0.25) is 0 Å². The van der Waals surface area contributed by atoms with Crippen molar-refractivity contribution in [2.75, 3.05) is 0 Å². The van der Waals surface area contributed by atoms with E-state index in [9.17, 15) is 0 Å². The van der Waals surface area contributed by atoms with E-state index in [1.807, 2.05) is 0 Å². The first kappa shape index (κ1) is 21.3. The minimum atomic E-state index is 1.04. The highest BCUT2D eigenvalue weighted by Crippen LogP contribution is 2.42. The first-order valence-corrected chi connectivity index (χ1v) is 13.4. The minimum Gasteiger partial charge on any atom is -0.309 e. The van der Waals surface area contributed by atoms with Crippen LogP contribution in [0, 0.1) is 0 Å². The molecule has 0 amide bonds. The van der Waals surface area contributed by atoms with E-state index in [2.05, 4.69) is 143 Å². The zero-order chi connectivity index (χ0) is 25.1. The predicted molar refractivity (Wildman–Crippen MR) is 162 cm³/mol. The zero-order valence-electron chi connectivity index (χ0n) is 21.0. The summed E-state index contributed by atoms with van der Waals surface area (Å²) in [6, 6.07) is 44.0. The fourth-order valence-corrected chi connectivity index (χ4v) is 6.38. The third-order valence-electron chi connectivity index (χ3n) is 7.96. The van der Waals surface area contributed by atoms with Crippen molar-refractivity contribution in [2.45, 2.75) is 12.8 Å². The molecule has 38 heavy (non-hydrogen) atoms. The van der Waals surface area contributed by atoms with Crippen LogP contribution in [0.25, 0.3) is 60.6 Å². The summed E-state index contributed by atoms with van der Waals surface area (Å²) in [6.07, 6.45) is 6.94. The summed E-state index contributed by atoms with van der Waals surface area (Å²) in [5.41, 5.74) is 10.0. The molecule has 0 bridgehead atoms. The Morgan fingerprint density at radius 2 is 0.816 bits per heavy atom. The SMILES string of the molecule is C1=C(c2ccccc2-n2c3ccccc3c3ccccc32)C(n2c3ccccc3c3ccccc32)=CCC1. The average molecular weight is 487 g/mol. The Morgan fingerprint density at radius 3 is 1.37 bits per heavy atom. The second-order valence-electron chi connectivity index (χ2n) is 10.0. The lowest BCUT2D eigenvalue weighted by Gasteiger charge is -2.23. The minimum absolute atomic E-state index is 1.04. The highest BCUT2D eigenvalue weighted by atomic mass is 15.0. The molecule has 0 unspecified atom stereocenters. The van der Waals surface area contributed by atoms with Crippen molar-refractivity contribution in [3.05, 3.63) is 139 Å². The van der Waals surface area contributed by atoms with Gasteiger partial charge < -0.3 is 9.13 Å². The molecule has 2 nitrogen and oxygen atoms in total. The predicted octanol–water partition coefficient (Wildman–Crippen LogP) is 9.61. The van der Waals surface area contributed by atoms with E-state index in [1.165, 1.54) is 66.1 Å². The van der Waals surface area contributed by atoms with Gasteiger partial charge in [0.15, 0.2) is 0 Å². The Labute approximate surface area is 221 Å². The number of benzene rings is 5. The van der Waals surface area contributed by atoms with Crippen LogP contribution in [0.1, 0.15) is 18.4 Å². The molecule has 0 spiro atoms. The molecule has 5 aromatic carbocycles. The number of hydrogen-bond acceptors (Lipinski definition) is 0. The number of allylic oxidation sites excluding steroid dienone is 4.